The summed E-state index contributed by atoms with van der Waals surface area (Å²) in [4.78, 5) is 25.4. The fourth-order valence-electron chi connectivity index (χ4n) is 3.52. The van der Waals surface area contributed by atoms with E-state index in [1.165, 1.54) is 6.42 Å². The summed E-state index contributed by atoms with van der Waals surface area (Å²) in [6, 6.07) is -0.857. The second kappa shape index (κ2) is 6.92. The molecule has 6 heteroatoms. The number of carbonyl (C=O) groups excluding carboxylic acids is 1. The highest BCUT2D eigenvalue weighted by molar-refractivity contribution is 5.83. The molecule has 0 aromatic rings. The van der Waals surface area contributed by atoms with E-state index in [4.69, 9.17) is 4.74 Å². The maximum absolute atomic E-state index is 12.3. The number of rotatable bonds is 4. The summed E-state index contributed by atoms with van der Waals surface area (Å²) < 4.78 is 4.91. The lowest BCUT2D eigenvalue weighted by Crippen LogP contribution is -2.60. The number of nitrogens with zero attached hydrogens (tertiary/aromatic N) is 1. The number of urea groups is 1. The third kappa shape index (κ3) is 3.23. The monoisotopic (exact) mass is 284 g/mol. The molecule has 114 valence electrons. The number of hydrogen-bond donors (Lipinski definition) is 2. The van der Waals surface area contributed by atoms with Gasteiger partial charge >= 0.3 is 12.0 Å². The van der Waals surface area contributed by atoms with Crippen molar-refractivity contribution in [2.24, 2.45) is 5.92 Å². The summed E-state index contributed by atoms with van der Waals surface area (Å²) in [5.74, 6) is -0.427. The predicted molar refractivity (Wildman–Crippen MR) is 73.5 cm³/mol. The van der Waals surface area contributed by atoms with Crippen LogP contribution in [0.5, 0.6) is 0 Å². The summed E-state index contributed by atoms with van der Waals surface area (Å²) in [5, 5.41) is 12.1. The van der Waals surface area contributed by atoms with Crippen molar-refractivity contribution >= 4 is 12.0 Å². The highest BCUT2D eigenvalue weighted by Crippen LogP contribution is 2.37. The number of likely N-dealkylation sites (tertiary alicyclic amines) is 1. The number of ether oxygens (including phenoxy) is 1. The summed E-state index contributed by atoms with van der Waals surface area (Å²) in [5.41, 5.74) is 0. The molecule has 1 aliphatic heterocycles. The molecule has 1 heterocycles. The maximum Gasteiger partial charge on any atom is 0.326 e. The first-order valence-electron chi connectivity index (χ1n) is 7.43. The van der Waals surface area contributed by atoms with Gasteiger partial charge in [0, 0.05) is 19.7 Å². The number of fused-ring (bicyclic) bond motifs is 1. The summed E-state index contributed by atoms with van der Waals surface area (Å²) >= 11 is 0. The Labute approximate surface area is 119 Å². The number of hydrogen-bond acceptors (Lipinski definition) is 3. The zero-order valence-corrected chi connectivity index (χ0v) is 12.0. The second-order valence-electron chi connectivity index (χ2n) is 5.68. The first-order valence-corrected chi connectivity index (χ1v) is 7.43. The third-order valence-corrected chi connectivity index (χ3v) is 4.47. The molecule has 6 nitrogen and oxygen atoms in total. The molecule has 2 amide bonds. The van der Waals surface area contributed by atoms with E-state index in [1.807, 2.05) is 0 Å². The van der Waals surface area contributed by atoms with Gasteiger partial charge < -0.3 is 20.1 Å². The van der Waals surface area contributed by atoms with Crippen LogP contribution in [-0.4, -0.2) is 54.4 Å². The van der Waals surface area contributed by atoms with Gasteiger partial charge in [0.2, 0.25) is 0 Å². The molecule has 1 saturated heterocycles. The Morgan fingerprint density at radius 3 is 2.70 bits per heavy atom. The van der Waals surface area contributed by atoms with Gasteiger partial charge in [-0.3, -0.25) is 0 Å². The Kier molecular flexibility index (Phi) is 5.23. The normalized spacial score (nSPS) is 29.6. The Hall–Kier alpha value is -1.30. The van der Waals surface area contributed by atoms with E-state index in [9.17, 15) is 14.7 Å². The Bertz CT molecular complexity index is 361. The molecule has 0 aromatic carbocycles. The third-order valence-electron chi connectivity index (χ3n) is 4.47. The molecule has 2 aliphatic rings. The number of carbonyl (C=O) groups is 2. The van der Waals surface area contributed by atoms with Gasteiger partial charge in [0.25, 0.3) is 0 Å². The van der Waals surface area contributed by atoms with Gasteiger partial charge in [-0.25, -0.2) is 9.59 Å². The number of carboxylic acids is 1. The van der Waals surface area contributed by atoms with Crippen molar-refractivity contribution < 1.29 is 19.4 Å². The van der Waals surface area contributed by atoms with Crippen molar-refractivity contribution in [3.8, 4) is 0 Å². The first-order chi connectivity index (χ1) is 9.65. The SMILES string of the molecule is COCCNC(=O)N1C(C(=O)O)CCC2CCCCC21. The Balaban J connectivity index is 2.08. The second-order valence-corrected chi connectivity index (χ2v) is 5.68. The number of piperidine rings is 1. The standard InChI is InChI=1S/C14H24N2O4/c1-20-9-8-15-14(19)16-11-5-3-2-4-10(11)6-7-12(16)13(17)18/h10-12H,2-9H2,1H3,(H,15,19)(H,17,18). The fourth-order valence-corrected chi connectivity index (χ4v) is 3.52. The molecule has 0 spiro atoms. The lowest BCUT2D eigenvalue weighted by atomic mass is 9.76. The quantitative estimate of drug-likeness (QED) is 0.766. The molecule has 0 aromatic heterocycles. The van der Waals surface area contributed by atoms with Crippen molar-refractivity contribution in [3.05, 3.63) is 0 Å². The van der Waals surface area contributed by atoms with Crippen LogP contribution in [0.3, 0.4) is 0 Å². The van der Waals surface area contributed by atoms with Gasteiger partial charge in [-0.05, 0) is 31.6 Å². The minimum absolute atomic E-state index is 0.0844. The van der Waals surface area contributed by atoms with Crippen LogP contribution in [0.4, 0.5) is 4.79 Å². The fraction of sp³-hybridized carbons (Fsp3) is 0.857. The number of carboxylic acid groups (broad SMARTS) is 1. The Morgan fingerprint density at radius 2 is 2.00 bits per heavy atom. The van der Waals surface area contributed by atoms with Crippen LogP contribution in [0, 0.1) is 5.92 Å². The average Bonchev–Trinajstić information content (AvgIpc) is 2.46. The van der Waals surface area contributed by atoms with Gasteiger partial charge in [0.15, 0.2) is 0 Å². The van der Waals surface area contributed by atoms with Crippen molar-refractivity contribution in [1.82, 2.24) is 10.2 Å². The van der Waals surface area contributed by atoms with Crippen LogP contribution in [0.1, 0.15) is 38.5 Å². The minimum atomic E-state index is -0.893. The lowest BCUT2D eigenvalue weighted by molar-refractivity contribution is -0.145. The number of methoxy groups -OCH3 is 1. The predicted octanol–water partition coefficient (Wildman–Crippen LogP) is 1.45. The van der Waals surface area contributed by atoms with E-state index in [1.54, 1.807) is 12.0 Å². The molecule has 0 bridgehead atoms. The maximum atomic E-state index is 12.3. The van der Waals surface area contributed by atoms with Gasteiger partial charge in [0.1, 0.15) is 6.04 Å². The zero-order valence-electron chi connectivity index (χ0n) is 12.0. The molecule has 3 unspecified atom stereocenters. The van der Waals surface area contributed by atoms with Gasteiger partial charge in [0.05, 0.1) is 6.61 Å². The van der Waals surface area contributed by atoms with Crippen molar-refractivity contribution in [2.75, 3.05) is 20.3 Å². The van der Waals surface area contributed by atoms with Crippen LogP contribution >= 0.6 is 0 Å². The van der Waals surface area contributed by atoms with Gasteiger partial charge in [-0.2, -0.15) is 0 Å². The number of aliphatic carboxylic acids is 1. The summed E-state index contributed by atoms with van der Waals surface area (Å²) in [6.45, 7) is 0.848. The number of amides is 2. The molecule has 1 saturated carbocycles. The topological polar surface area (TPSA) is 78.9 Å². The first kappa shape index (κ1) is 15.1. The van der Waals surface area contributed by atoms with Crippen LogP contribution in [0.15, 0.2) is 0 Å². The molecule has 1 aliphatic carbocycles. The lowest BCUT2D eigenvalue weighted by Gasteiger charge is -2.46. The van der Waals surface area contributed by atoms with Crippen LogP contribution in [0.2, 0.25) is 0 Å². The molecule has 0 radical (unpaired) electrons. The molecule has 2 fully saturated rings. The largest absolute Gasteiger partial charge is 0.480 e. The smallest absolute Gasteiger partial charge is 0.326 e. The molecular weight excluding hydrogens is 260 g/mol. The highest BCUT2D eigenvalue weighted by Gasteiger charge is 2.43. The van der Waals surface area contributed by atoms with Crippen LogP contribution in [0.25, 0.3) is 0 Å². The van der Waals surface area contributed by atoms with E-state index >= 15 is 0 Å². The van der Waals surface area contributed by atoms with Gasteiger partial charge in [-0.15, -0.1) is 0 Å². The van der Waals surface area contributed by atoms with Gasteiger partial charge in [-0.1, -0.05) is 12.8 Å². The van der Waals surface area contributed by atoms with E-state index in [0.717, 1.165) is 25.7 Å². The average molecular weight is 284 g/mol. The summed E-state index contributed by atoms with van der Waals surface area (Å²) in [7, 11) is 1.57. The van der Waals surface area contributed by atoms with Crippen molar-refractivity contribution in [2.45, 2.75) is 50.6 Å². The zero-order chi connectivity index (χ0) is 14.5. The van der Waals surface area contributed by atoms with E-state index in [-0.39, 0.29) is 12.1 Å². The molecule has 2 rings (SSSR count). The molecule has 20 heavy (non-hydrogen) atoms. The van der Waals surface area contributed by atoms with Crippen molar-refractivity contribution in [1.29, 1.82) is 0 Å². The summed E-state index contributed by atoms with van der Waals surface area (Å²) in [6.07, 6.45) is 5.79. The Morgan fingerprint density at radius 1 is 1.25 bits per heavy atom. The van der Waals surface area contributed by atoms with E-state index in [2.05, 4.69) is 5.32 Å². The van der Waals surface area contributed by atoms with Crippen LogP contribution < -0.4 is 5.32 Å². The molecule has 2 N–H and O–H groups in total. The molecule has 3 atom stereocenters. The van der Waals surface area contributed by atoms with Crippen molar-refractivity contribution in [3.63, 3.8) is 0 Å². The highest BCUT2D eigenvalue weighted by atomic mass is 16.5. The molecular formula is C14H24N2O4. The van der Waals surface area contributed by atoms with E-state index in [0.29, 0.717) is 25.5 Å². The van der Waals surface area contributed by atoms with E-state index < -0.39 is 12.0 Å². The van der Waals surface area contributed by atoms with Crippen LogP contribution in [-0.2, 0) is 9.53 Å². The minimum Gasteiger partial charge on any atom is -0.480 e. The number of nitrogens with one attached hydrogen (secondary N) is 1.